The van der Waals surface area contributed by atoms with Gasteiger partial charge in [-0.05, 0) is 36.4 Å². The molecule has 4 rings (SSSR count). The van der Waals surface area contributed by atoms with Gasteiger partial charge in [-0.2, -0.15) is 0 Å². The van der Waals surface area contributed by atoms with Crippen LogP contribution in [0.3, 0.4) is 0 Å². The van der Waals surface area contributed by atoms with Crippen LogP contribution >= 0.6 is 11.6 Å². The van der Waals surface area contributed by atoms with Crippen molar-refractivity contribution in [3.63, 3.8) is 0 Å². The van der Waals surface area contributed by atoms with E-state index in [2.05, 4.69) is 15.3 Å². The largest absolute Gasteiger partial charge is 0.325 e. The Morgan fingerprint density at radius 3 is 2.56 bits per heavy atom. The molecule has 0 saturated carbocycles. The third kappa shape index (κ3) is 2.86. The highest BCUT2D eigenvalue weighted by Crippen LogP contribution is 2.23. The van der Waals surface area contributed by atoms with Crippen molar-refractivity contribution in [3.8, 4) is 5.69 Å². The van der Waals surface area contributed by atoms with E-state index in [0.29, 0.717) is 27.6 Å². The molecule has 25 heavy (non-hydrogen) atoms. The van der Waals surface area contributed by atoms with Gasteiger partial charge in [0.15, 0.2) is 0 Å². The van der Waals surface area contributed by atoms with Crippen molar-refractivity contribution in [1.82, 2.24) is 14.5 Å². The van der Waals surface area contributed by atoms with Gasteiger partial charge in [-0.1, -0.05) is 35.9 Å². The number of hydrogen-bond donors (Lipinski definition) is 1. The van der Waals surface area contributed by atoms with E-state index in [-0.39, 0.29) is 5.56 Å². The zero-order valence-electron chi connectivity index (χ0n) is 13.1. The third-order valence-electron chi connectivity index (χ3n) is 3.78. The van der Waals surface area contributed by atoms with E-state index in [1.54, 1.807) is 42.7 Å². The minimum absolute atomic E-state index is 0.248. The second-order valence-corrected chi connectivity index (χ2v) is 5.82. The number of para-hydroxylation sites is 1. The minimum Gasteiger partial charge on any atom is -0.325 e. The predicted molar refractivity (Wildman–Crippen MR) is 99.9 cm³/mol. The molecule has 0 saturated heterocycles. The molecular formula is C19H13ClN4O. The SMILES string of the molecule is O=c1c2c(Cl)cccc2nc(Nc2ccccc2)n1-c1cccnc1. The molecule has 1 N–H and O–H groups in total. The van der Waals surface area contributed by atoms with Gasteiger partial charge in [-0.3, -0.25) is 9.78 Å². The first-order valence-electron chi connectivity index (χ1n) is 7.68. The van der Waals surface area contributed by atoms with Gasteiger partial charge in [-0.25, -0.2) is 9.55 Å². The van der Waals surface area contributed by atoms with E-state index in [1.807, 2.05) is 30.3 Å². The minimum atomic E-state index is -0.248. The Balaban J connectivity index is 2.02. The lowest BCUT2D eigenvalue weighted by Crippen LogP contribution is -2.23. The molecule has 122 valence electrons. The molecular weight excluding hydrogens is 336 g/mol. The summed E-state index contributed by atoms with van der Waals surface area (Å²) in [4.78, 5) is 21.8. The topological polar surface area (TPSA) is 59.8 Å². The highest BCUT2D eigenvalue weighted by atomic mass is 35.5. The van der Waals surface area contributed by atoms with Crippen molar-refractivity contribution in [2.24, 2.45) is 0 Å². The van der Waals surface area contributed by atoms with Crippen LogP contribution < -0.4 is 10.9 Å². The molecule has 0 aliphatic carbocycles. The Bertz CT molecular complexity index is 1090. The lowest BCUT2D eigenvalue weighted by molar-refractivity contribution is 0.964. The zero-order chi connectivity index (χ0) is 17.2. The molecule has 6 heteroatoms. The number of fused-ring (bicyclic) bond motifs is 1. The molecule has 0 spiro atoms. The number of rotatable bonds is 3. The van der Waals surface area contributed by atoms with Crippen molar-refractivity contribution in [2.75, 3.05) is 5.32 Å². The second kappa shape index (κ2) is 6.37. The van der Waals surface area contributed by atoms with Crippen molar-refractivity contribution in [1.29, 1.82) is 0 Å². The fraction of sp³-hybridized carbons (Fsp3) is 0. The van der Waals surface area contributed by atoms with Crippen molar-refractivity contribution in [2.45, 2.75) is 0 Å². The molecule has 4 aromatic rings. The number of halogens is 1. The summed E-state index contributed by atoms with van der Waals surface area (Å²) < 4.78 is 1.48. The van der Waals surface area contributed by atoms with E-state index in [1.165, 1.54) is 4.57 Å². The smallest absolute Gasteiger partial charge is 0.268 e. The maximum atomic E-state index is 13.1. The number of hydrogen-bond acceptors (Lipinski definition) is 4. The number of pyridine rings is 1. The van der Waals surface area contributed by atoms with Crippen molar-refractivity contribution in [3.05, 3.63) is 88.4 Å². The van der Waals surface area contributed by atoms with Gasteiger partial charge in [0.05, 0.1) is 27.8 Å². The van der Waals surface area contributed by atoms with E-state index in [4.69, 9.17) is 11.6 Å². The maximum Gasteiger partial charge on any atom is 0.268 e. The number of benzene rings is 2. The van der Waals surface area contributed by atoms with Gasteiger partial charge < -0.3 is 5.32 Å². The van der Waals surface area contributed by atoms with Crippen LogP contribution in [0.2, 0.25) is 5.02 Å². The molecule has 0 aliphatic heterocycles. The van der Waals surface area contributed by atoms with Gasteiger partial charge in [-0.15, -0.1) is 0 Å². The molecule has 0 unspecified atom stereocenters. The molecule has 0 atom stereocenters. The van der Waals surface area contributed by atoms with Gasteiger partial charge in [0, 0.05) is 11.9 Å². The summed E-state index contributed by atoms with van der Waals surface area (Å²) in [5.41, 5.74) is 1.73. The van der Waals surface area contributed by atoms with E-state index in [9.17, 15) is 4.79 Å². The van der Waals surface area contributed by atoms with E-state index in [0.717, 1.165) is 5.69 Å². The highest BCUT2D eigenvalue weighted by Gasteiger charge is 2.15. The van der Waals surface area contributed by atoms with Crippen molar-refractivity contribution < 1.29 is 0 Å². The van der Waals surface area contributed by atoms with Crippen molar-refractivity contribution >= 4 is 34.1 Å². The molecule has 0 aliphatic rings. The Labute approximate surface area is 148 Å². The molecule has 5 nitrogen and oxygen atoms in total. The molecule has 2 heterocycles. The Kier molecular flexibility index (Phi) is 3.91. The molecule has 0 radical (unpaired) electrons. The second-order valence-electron chi connectivity index (χ2n) is 5.41. The van der Waals surface area contributed by atoms with Crippen LogP contribution in [0, 0.1) is 0 Å². The molecule has 2 aromatic heterocycles. The zero-order valence-corrected chi connectivity index (χ0v) is 13.8. The number of aromatic nitrogens is 3. The third-order valence-corrected chi connectivity index (χ3v) is 4.10. The van der Waals surface area contributed by atoms with Gasteiger partial charge in [0.25, 0.3) is 5.56 Å². The lowest BCUT2D eigenvalue weighted by atomic mass is 10.2. The van der Waals surface area contributed by atoms with Gasteiger partial charge in [0.2, 0.25) is 5.95 Å². The summed E-state index contributed by atoms with van der Waals surface area (Å²) in [6.45, 7) is 0. The van der Waals surface area contributed by atoms with Crippen LogP contribution in [0.15, 0.2) is 77.9 Å². The normalized spacial score (nSPS) is 10.8. The first kappa shape index (κ1) is 15.4. The summed E-state index contributed by atoms with van der Waals surface area (Å²) in [6.07, 6.45) is 3.27. The van der Waals surface area contributed by atoms with Crippen LogP contribution in [0.1, 0.15) is 0 Å². The molecule has 0 amide bonds. The maximum absolute atomic E-state index is 13.1. The average Bonchev–Trinajstić information content (AvgIpc) is 2.63. The van der Waals surface area contributed by atoms with E-state index >= 15 is 0 Å². The number of nitrogens with zero attached hydrogens (tertiary/aromatic N) is 3. The highest BCUT2D eigenvalue weighted by molar-refractivity contribution is 6.35. The number of anilines is 2. The van der Waals surface area contributed by atoms with Crippen LogP contribution in [0.4, 0.5) is 11.6 Å². The molecule has 2 aromatic carbocycles. The molecule has 0 fully saturated rings. The molecule has 0 bridgehead atoms. The van der Waals surface area contributed by atoms with Crippen LogP contribution in [0.5, 0.6) is 0 Å². The summed E-state index contributed by atoms with van der Waals surface area (Å²) in [6, 6.07) is 18.4. The summed E-state index contributed by atoms with van der Waals surface area (Å²) >= 11 is 6.24. The summed E-state index contributed by atoms with van der Waals surface area (Å²) in [7, 11) is 0. The van der Waals surface area contributed by atoms with Crippen LogP contribution in [-0.2, 0) is 0 Å². The summed E-state index contributed by atoms with van der Waals surface area (Å²) in [5.74, 6) is 0.402. The first-order valence-corrected chi connectivity index (χ1v) is 8.05. The van der Waals surface area contributed by atoms with Gasteiger partial charge in [0.1, 0.15) is 0 Å². The Morgan fingerprint density at radius 2 is 1.80 bits per heavy atom. The monoisotopic (exact) mass is 348 g/mol. The van der Waals surface area contributed by atoms with Gasteiger partial charge >= 0.3 is 0 Å². The van der Waals surface area contributed by atoms with E-state index < -0.39 is 0 Å². The predicted octanol–water partition coefficient (Wildman–Crippen LogP) is 4.18. The quantitative estimate of drug-likeness (QED) is 0.603. The lowest BCUT2D eigenvalue weighted by Gasteiger charge is -2.15. The fourth-order valence-electron chi connectivity index (χ4n) is 2.65. The first-order chi connectivity index (χ1) is 12.2. The summed E-state index contributed by atoms with van der Waals surface area (Å²) in [5, 5.41) is 3.96. The fourth-order valence-corrected chi connectivity index (χ4v) is 2.90. The average molecular weight is 349 g/mol. The van der Waals surface area contributed by atoms with Crippen LogP contribution in [0.25, 0.3) is 16.6 Å². The standard InChI is InChI=1S/C19H13ClN4O/c20-15-9-4-10-16-17(15)18(25)24(14-8-5-11-21-12-14)19(23-16)22-13-6-2-1-3-7-13/h1-12H,(H,22,23). The van der Waals surface area contributed by atoms with Crippen LogP contribution in [-0.4, -0.2) is 14.5 Å². The Hall–Kier alpha value is -3.18. The Morgan fingerprint density at radius 1 is 0.960 bits per heavy atom. The number of nitrogens with one attached hydrogen (secondary N) is 1.